The Bertz CT molecular complexity index is 164. The number of allylic oxidation sites excluding steroid dienone is 1. The first-order chi connectivity index (χ1) is 5.33. The van der Waals surface area contributed by atoms with Crippen LogP contribution in [0.5, 0.6) is 0 Å². The highest BCUT2D eigenvalue weighted by Crippen LogP contribution is 2.05. The van der Waals surface area contributed by atoms with Crippen LogP contribution in [0.15, 0.2) is 12.3 Å². The first-order valence-corrected chi connectivity index (χ1v) is 3.39. The monoisotopic (exact) mass is 158 g/mol. The maximum absolute atomic E-state index is 10.4. The summed E-state index contributed by atoms with van der Waals surface area (Å²) in [5.41, 5.74) is 0. The third-order valence-corrected chi connectivity index (χ3v) is 1.16. The maximum Gasteiger partial charge on any atom is 0.508 e. The minimum atomic E-state index is -0.612. The zero-order valence-electron chi connectivity index (χ0n) is 6.28. The number of hydrogen-bond acceptors (Lipinski definition) is 4. The third kappa shape index (κ3) is 2.49. The molecule has 0 aliphatic carbocycles. The minimum absolute atomic E-state index is 0.251. The van der Waals surface area contributed by atoms with Crippen LogP contribution < -0.4 is 0 Å². The van der Waals surface area contributed by atoms with Crippen LogP contribution in [0.2, 0.25) is 0 Å². The summed E-state index contributed by atoms with van der Waals surface area (Å²) in [4.78, 5) is 10.4. The lowest BCUT2D eigenvalue weighted by Crippen LogP contribution is -2.16. The molecule has 0 radical (unpaired) electrons. The van der Waals surface area contributed by atoms with Gasteiger partial charge in [0.2, 0.25) is 0 Å². The molecule has 4 heteroatoms. The maximum atomic E-state index is 10.4. The van der Waals surface area contributed by atoms with Gasteiger partial charge in [-0.15, -0.1) is 0 Å². The van der Waals surface area contributed by atoms with Crippen molar-refractivity contribution in [2.75, 3.05) is 13.2 Å². The molecule has 4 nitrogen and oxygen atoms in total. The third-order valence-electron chi connectivity index (χ3n) is 1.16. The van der Waals surface area contributed by atoms with E-state index >= 15 is 0 Å². The van der Waals surface area contributed by atoms with Gasteiger partial charge >= 0.3 is 6.16 Å². The number of ether oxygens (including phenoxy) is 3. The average molecular weight is 158 g/mol. The first-order valence-electron chi connectivity index (χ1n) is 3.39. The van der Waals surface area contributed by atoms with E-state index < -0.39 is 6.16 Å². The molecule has 11 heavy (non-hydrogen) atoms. The molecule has 0 saturated carbocycles. The number of hydrogen-bond donors (Lipinski definition) is 0. The smallest absolute Gasteiger partial charge is 0.498 e. The predicted molar refractivity (Wildman–Crippen MR) is 37.0 cm³/mol. The Morgan fingerprint density at radius 1 is 1.82 bits per heavy atom. The van der Waals surface area contributed by atoms with Gasteiger partial charge in [-0.2, -0.15) is 0 Å². The molecule has 1 unspecified atom stereocenters. The van der Waals surface area contributed by atoms with E-state index in [9.17, 15) is 4.79 Å². The highest BCUT2D eigenvalue weighted by Gasteiger charge is 2.24. The molecule has 1 aliphatic heterocycles. The van der Waals surface area contributed by atoms with Crippen LogP contribution in [0.1, 0.15) is 6.92 Å². The van der Waals surface area contributed by atoms with Crippen LogP contribution in [0.4, 0.5) is 4.79 Å². The van der Waals surface area contributed by atoms with Crippen LogP contribution in [0.3, 0.4) is 0 Å². The molecule has 0 aromatic heterocycles. The summed E-state index contributed by atoms with van der Waals surface area (Å²) in [5, 5.41) is 0. The Kier molecular flexibility index (Phi) is 2.77. The van der Waals surface area contributed by atoms with E-state index in [1.54, 1.807) is 12.3 Å². The van der Waals surface area contributed by atoms with Crippen molar-refractivity contribution in [2.24, 2.45) is 0 Å². The van der Waals surface area contributed by atoms with Crippen LogP contribution >= 0.6 is 0 Å². The molecule has 1 rings (SSSR count). The lowest BCUT2D eigenvalue weighted by molar-refractivity contribution is 0.0852. The molecule has 0 amide bonds. The fraction of sp³-hybridized carbons (Fsp3) is 0.571. The average Bonchev–Trinajstić information content (AvgIpc) is 2.37. The van der Waals surface area contributed by atoms with Crippen molar-refractivity contribution >= 4 is 6.16 Å². The van der Waals surface area contributed by atoms with Crippen LogP contribution in [0, 0.1) is 0 Å². The topological polar surface area (TPSA) is 44.8 Å². The second-order valence-corrected chi connectivity index (χ2v) is 2.10. The molecule has 0 spiro atoms. The summed E-state index contributed by atoms with van der Waals surface area (Å²) in [6.07, 6.45) is 2.45. The number of rotatable bonds is 3. The molecule has 0 aromatic rings. The molecule has 62 valence electrons. The lowest BCUT2D eigenvalue weighted by Gasteiger charge is -2.03. The first kappa shape index (κ1) is 7.91. The number of carbonyl (C=O) groups excluding carboxylic acids is 1. The summed E-state index contributed by atoms with van der Waals surface area (Å²) < 4.78 is 14.2. The van der Waals surface area contributed by atoms with E-state index in [0.29, 0.717) is 6.61 Å². The van der Waals surface area contributed by atoms with Crippen LogP contribution in [0.25, 0.3) is 0 Å². The van der Waals surface area contributed by atoms with E-state index in [1.807, 2.05) is 6.92 Å². The molecule has 0 bridgehead atoms. The van der Waals surface area contributed by atoms with Gasteiger partial charge in [0.1, 0.15) is 13.2 Å². The highest BCUT2D eigenvalue weighted by molar-refractivity contribution is 5.61. The molecule has 0 aromatic carbocycles. The van der Waals surface area contributed by atoms with E-state index in [0.717, 1.165) is 0 Å². The van der Waals surface area contributed by atoms with Gasteiger partial charge in [-0.25, -0.2) is 4.79 Å². The van der Waals surface area contributed by atoms with Crippen molar-refractivity contribution in [2.45, 2.75) is 13.0 Å². The normalized spacial score (nSPS) is 23.4. The predicted octanol–water partition coefficient (Wildman–Crippen LogP) is 1.07. The minimum Gasteiger partial charge on any atom is -0.498 e. The van der Waals surface area contributed by atoms with Gasteiger partial charge in [0.05, 0.1) is 6.26 Å². The highest BCUT2D eigenvalue weighted by atomic mass is 16.8. The zero-order chi connectivity index (χ0) is 8.10. The second-order valence-electron chi connectivity index (χ2n) is 2.10. The van der Waals surface area contributed by atoms with E-state index in [1.165, 1.54) is 0 Å². The van der Waals surface area contributed by atoms with Gasteiger partial charge in [-0.3, -0.25) is 0 Å². The van der Waals surface area contributed by atoms with Crippen molar-refractivity contribution in [3.63, 3.8) is 0 Å². The number of cyclic esters (lactones) is 2. The fourth-order valence-electron chi connectivity index (χ4n) is 0.706. The van der Waals surface area contributed by atoms with Crippen molar-refractivity contribution in [3.05, 3.63) is 12.3 Å². The summed E-state index contributed by atoms with van der Waals surface area (Å²) in [7, 11) is 0. The van der Waals surface area contributed by atoms with Gasteiger partial charge in [-0.05, 0) is 6.92 Å². The quantitative estimate of drug-likeness (QED) is 0.455. The van der Waals surface area contributed by atoms with Gasteiger partial charge in [0.25, 0.3) is 0 Å². The number of carbonyl (C=O) groups is 1. The standard InChI is InChI=1S/C7H10O4/c1-2-3-9-4-6-5-10-7(8)11-6/h2-3,6H,4-5H2,1H3. The fourth-order valence-corrected chi connectivity index (χ4v) is 0.706. The second kappa shape index (κ2) is 3.85. The van der Waals surface area contributed by atoms with Gasteiger partial charge in [0.15, 0.2) is 6.10 Å². The van der Waals surface area contributed by atoms with E-state index in [4.69, 9.17) is 4.74 Å². The Morgan fingerprint density at radius 3 is 3.18 bits per heavy atom. The Balaban J connectivity index is 2.13. The molecule has 0 N–H and O–H groups in total. The van der Waals surface area contributed by atoms with Crippen molar-refractivity contribution in [3.8, 4) is 0 Å². The lowest BCUT2D eigenvalue weighted by atomic mass is 10.4. The Labute approximate surface area is 64.7 Å². The summed E-state index contributed by atoms with van der Waals surface area (Å²) in [6.45, 7) is 2.49. The van der Waals surface area contributed by atoms with E-state index in [2.05, 4.69) is 9.47 Å². The van der Waals surface area contributed by atoms with Crippen LogP contribution in [-0.2, 0) is 14.2 Å². The molecule has 1 heterocycles. The van der Waals surface area contributed by atoms with Gasteiger partial charge in [0, 0.05) is 0 Å². The zero-order valence-corrected chi connectivity index (χ0v) is 6.28. The summed E-state index contributed by atoms with van der Waals surface area (Å²) >= 11 is 0. The Hall–Kier alpha value is -1.19. The molecular formula is C7H10O4. The molecule has 1 aliphatic rings. The Morgan fingerprint density at radius 2 is 2.64 bits per heavy atom. The van der Waals surface area contributed by atoms with Crippen LogP contribution in [-0.4, -0.2) is 25.5 Å². The molecule has 1 saturated heterocycles. The summed E-state index contributed by atoms with van der Waals surface area (Å²) in [5.74, 6) is 0. The largest absolute Gasteiger partial charge is 0.508 e. The van der Waals surface area contributed by atoms with Gasteiger partial charge < -0.3 is 14.2 Å². The van der Waals surface area contributed by atoms with E-state index in [-0.39, 0.29) is 12.7 Å². The van der Waals surface area contributed by atoms with Crippen molar-refractivity contribution in [1.29, 1.82) is 0 Å². The molecule has 1 atom stereocenters. The molecule has 1 fully saturated rings. The van der Waals surface area contributed by atoms with Crippen molar-refractivity contribution in [1.82, 2.24) is 0 Å². The summed E-state index contributed by atoms with van der Waals surface area (Å²) in [6, 6.07) is 0. The SMILES string of the molecule is CC=COCC1COC(=O)O1. The molecular weight excluding hydrogens is 148 g/mol. The van der Waals surface area contributed by atoms with Crippen molar-refractivity contribution < 1.29 is 19.0 Å². The van der Waals surface area contributed by atoms with Gasteiger partial charge in [-0.1, -0.05) is 6.08 Å².